The summed E-state index contributed by atoms with van der Waals surface area (Å²) >= 11 is 0. The van der Waals surface area contributed by atoms with Crippen molar-refractivity contribution >= 4 is 11.9 Å². The topological polar surface area (TPSA) is 93.4 Å². The van der Waals surface area contributed by atoms with Crippen LogP contribution < -0.4 is 16.4 Å². The molecule has 1 radical (unpaired) electrons. The fraction of sp³-hybridized carbons (Fsp3) is 0.786. The quantitative estimate of drug-likeness (QED) is 0.616. The summed E-state index contributed by atoms with van der Waals surface area (Å²) in [7, 11) is 0. The van der Waals surface area contributed by atoms with Gasteiger partial charge in [-0.05, 0) is 37.5 Å². The molecule has 1 aliphatic heterocycles. The minimum Gasteiger partial charge on any atom is -0.381 e. The van der Waals surface area contributed by atoms with Crippen LogP contribution in [0.15, 0.2) is 0 Å². The third kappa shape index (κ3) is 7.99. The summed E-state index contributed by atoms with van der Waals surface area (Å²) in [6.07, 6.45) is 5.36. The SMILES string of the molecule is C[C@@H]([CH]CNC(=O)NCCC1CCOCC1)CC(N)=O. The first kappa shape index (κ1) is 16.8. The Bertz CT molecular complexity index is 304. The first-order valence-electron chi connectivity index (χ1n) is 7.29. The molecule has 0 spiro atoms. The van der Waals surface area contributed by atoms with Crippen LogP contribution in [0.2, 0.25) is 0 Å². The van der Waals surface area contributed by atoms with E-state index in [-0.39, 0.29) is 17.9 Å². The van der Waals surface area contributed by atoms with E-state index in [1.165, 1.54) is 0 Å². The molecule has 0 unspecified atom stereocenters. The summed E-state index contributed by atoms with van der Waals surface area (Å²) in [6.45, 7) is 4.70. The predicted octanol–water partition coefficient (Wildman–Crippen LogP) is 0.818. The number of hydrogen-bond donors (Lipinski definition) is 3. The van der Waals surface area contributed by atoms with Gasteiger partial charge in [0.05, 0.1) is 0 Å². The first-order chi connectivity index (χ1) is 9.58. The van der Waals surface area contributed by atoms with Crippen LogP contribution in [0.1, 0.15) is 32.6 Å². The molecule has 1 aliphatic rings. The van der Waals surface area contributed by atoms with Crippen molar-refractivity contribution in [1.29, 1.82) is 0 Å². The molecule has 1 atom stereocenters. The van der Waals surface area contributed by atoms with Gasteiger partial charge < -0.3 is 21.1 Å². The number of amides is 3. The Kier molecular flexibility index (Phi) is 8.02. The second kappa shape index (κ2) is 9.58. The summed E-state index contributed by atoms with van der Waals surface area (Å²) < 4.78 is 5.29. The zero-order valence-electron chi connectivity index (χ0n) is 12.2. The molecule has 115 valence electrons. The molecular weight excluding hydrogens is 258 g/mol. The minimum atomic E-state index is -0.324. The van der Waals surface area contributed by atoms with E-state index in [9.17, 15) is 9.59 Å². The second-order valence-electron chi connectivity index (χ2n) is 5.36. The fourth-order valence-corrected chi connectivity index (χ4v) is 2.24. The number of carbonyl (C=O) groups excluding carboxylic acids is 2. The predicted molar refractivity (Wildman–Crippen MR) is 76.8 cm³/mol. The van der Waals surface area contributed by atoms with Crippen molar-refractivity contribution in [2.75, 3.05) is 26.3 Å². The highest BCUT2D eigenvalue weighted by molar-refractivity contribution is 5.74. The van der Waals surface area contributed by atoms with E-state index in [0.717, 1.165) is 32.5 Å². The molecule has 1 rings (SSSR count). The molecule has 1 heterocycles. The second-order valence-corrected chi connectivity index (χ2v) is 5.36. The van der Waals surface area contributed by atoms with Gasteiger partial charge in [-0.1, -0.05) is 6.92 Å². The number of ether oxygens (including phenoxy) is 1. The highest BCUT2D eigenvalue weighted by Gasteiger charge is 2.13. The molecule has 1 fully saturated rings. The maximum absolute atomic E-state index is 11.5. The third-order valence-corrected chi connectivity index (χ3v) is 3.49. The van der Waals surface area contributed by atoms with Crippen LogP contribution in [0.4, 0.5) is 4.79 Å². The molecule has 0 bridgehead atoms. The van der Waals surface area contributed by atoms with E-state index in [1.807, 2.05) is 13.3 Å². The zero-order chi connectivity index (χ0) is 14.8. The van der Waals surface area contributed by atoms with Crippen molar-refractivity contribution in [3.8, 4) is 0 Å². The highest BCUT2D eigenvalue weighted by Crippen LogP contribution is 2.17. The van der Waals surface area contributed by atoms with Crippen LogP contribution >= 0.6 is 0 Å². The van der Waals surface area contributed by atoms with Crippen molar-refractivity contribution in [2.45, 2.75) is 32.6 Å². The maximum Gasteiger partial charge on any atom is 0.314 e. The number of rotatable bonds is 8. The highest BCUT2D eigenvalue weighted by atomic mass is 16.5. The van der Waals surface area contributed by atoms with E-state index < -0.39 is 0 Å². The Morgan fingerprint density at radius 1 is 1.35 bits per heavy atom. The molecule has 20 heavy (non-hydrogen) atoms. The Morgan fingerprint density at radius 3 is 2.70 bits per heavy atom. The van der Waals surface area contributed by atoms with Gasteiger partial charge in [-0.3, -0.25) is 4.79 Å². The normalized spacial score (nSPS) is 17.4. The van der Waals surface area contributed by atoms with E-state index in [2.05, 4.69) is 10.6 Å². The lowest BCUT2D eigenvalue weighted by Gasteiger charge is -2.21. The molecule has 6 nitrogen and oxygen atoms in total. The van der Waals surface area contributed by atoms with Crippen LogP contribution in [-0.2, 0) is 9.53 Å². The van der Waals surface area contributed by atoms with Gasteiger partial charge in [-0.2, -0.15) is 0 Å². The van der Waals surface area contributed by atoms with Crippen molar-refractivity contribution in [1.82, 2.24) is 10.6 Å². The molecule has 0 saturated carbocycles. The van der Waals surface area contributed by atoms with Crippen LogP contribution in [-0.4, -0.2) is 38.2 Å². The minimum absolute atomic E-state index is 0.0787. The standard InChI is InChI=1S/C14H26N3O3/c1-11(10-13(15)18)2-6-16-14(19)17-7-3-12-4-8-20-9-5-12/h2,11-12H,3-10H2,1H3,(H2,15,18)(H2,16,17,19)/t11-/m0/s1. The van der Waals surface area contributed by atoms with Crippen molar-refractivity contribution < 1.29 is 14.3 Å². The number of carbonyl (C=O) groups is 2. The van der Waals surface area contributed by atoms with Gasteiger partial charge in [-0.15, -0.1) is 0 Å². The smallest absolute Gasteiger partial charge is 0.314 e. The van der Waals surface area contributed by atoms with E-state index in [1.54, 1.807) is 0 Å². The molecular formula is C14H26N3O3. The molecule has 0 aromatic rings. The van der Waals surface area contributed by atoms with Crippen LogP contribution in [0.5, 0.6) is 0 Å². The van der Waals surface area contributed by atoms with Gasteiger partial charge in [0.1, 0.15) is 0 Å². The van der Waals surface area contributed by atoms with E-state index in [4.69, 9.17) is 10.5 Å². The Morgan fingerprint density at radius 2 is 2.05 bits per heavy atom. The van der Waals surface area contributed by atoms with Crippen LogP contribution in [0, 0.1) is 18.3 Å². The molecule has 6 heteroatoms. The Hall–Kier alpha value is -1.30. The average Bonchev–Trinajstić information content (AvgIpc) is 2.39. The lowest BCUT2D eigenvalue weighted by atomic mass is 9.97. The zero-order valence-corrected chi connectivity index (χ0v) is 12.2. The lowest BCUT2D eigenvalue weighted by molar-refractivity contribution is -0.118. The number of nitrogens with one attached hydrogen (secondary N) is 2. The van der Waals surface area contributed by atoms with E-state index >= 15 is 0 Å². The van der Waals surface area contributed by atoms with Crippen molar-refractivity contribution in [2.24, 2.45) is 17.6 Å². The number of hydrogen-bond acceptors (Lipinski definition) is 3. The van der Waals surface area contributed by atoms with Gasteiger partial charge in [-0.25, -0.2) is 4.79 Å². The van der Waals surface area contributed by atoms with E-state index in [0.29, 0.717) is 25.4 Å². The van der Waals surface area contributed by atoms with Crippen LogP contribution in [0.25, 0.3) is 0 Å². The van der Waals surface area contributed by atoms with Crippen LogP contribution in [0.3, 0.4) is 0 Å². The van der Waals surface area contributed by atoms with Gasteiger partial charge in [0, 0.05) is 32.7 Å². The van der Waals surface area contributed by atoms with Gasteiger partial charge >= 0.3 is 6.03 Å². The summed E-state index contributed by atoms with van der Waals surface area (Å²) in [6, 6.07) is -0.167. The van der Waals surface area contributed by atoms with Gasteiger partial charge in [0.2, 0.25) is 5.91 Å². The largest absolute Gasteiger partial charge is 0.381 e. The lowest BCUT2D eigenvalue weighted by Crippen LogP contribution is -2.38. The molecule has 0 aliphatic carbocycles. The van der Waals surface area contributed by atoms with Crippen molar-refractivity contribution in [3.63, 3.8) is 0 Å². The third-order valence-electron chi connectivity index (χ3n) is 3.49. The van der Waals surface area contributed by atoms with Gasteiger partial charge in [0.25, 0.3) is 0 Å². The summed E-state index contributed by atoms with van der Waals surface area (Å²) in [4.78, 5) is 22.2. The average molecular weight is 284 g/mol. The van der Waals surface area contributed by atoms with Crippen molar-refractivity contribution in [3.05, 3.63) is 6.42 Å². The maximum atomic E-state index is 11.5. The molecule has 4 N–H and O–H groups in total. The molecule has 3 amide bonds. The summed E-state index contributed by atoms with van der Waals surface area (Å²) in [5.74, 6) is 0.413. The fourth-order valence-electron chi connectivity index (χ4n) is 2.24. The number of nitrogens with two attached hydrogens (primary N) is 1. The monoisotopic (exact) mass is 284 g/mol. The number of primary amides is 1. The Balaban J connectivity index is 1.98. The first-order valence-corrected chi connectivity index (χ1v) is 7.29. The number of urea groups is 1. The summed E-state index contributed by atoms with van der Waals surface area (Å²) in [5, 5.41) is 5.58. The molecule has 0 aromatic heterocycles. The molecule has 0 aromatic carbocycles. The molecule has 1 saturated heterocycles. The Labute approximate surface area is 120 Å². The van der Waals surface area contributed by atoms with Gasteiger partial charge in [0.15, 0.2) is 0 Å². The summed E-state index contributed by atoms with van der Waals surface area (Å²) in [5.41, 5.74) is 5.09.